The van der Waals surface area contributed by atoms with Gasteiger partial charge >= 0.3 is 0 Å². The number of non-ortho nitro benzene ring substituents is 1. The maximum atomic E-state index is 12.1. The molecule has 0 aliphatic carbocycles. The van der Waals surface area contributed by atoms with E-state index >= 15 is 0 Å². The zero-order valence-corrected chi connectivity index (χ0v) is 15.7. The Kier molecular flexibility index (Phi) is 6.03. The lowest BCUT2D eigenvalue weighted by Gasteiger charge is -2.07. The highest BCUT2D eigenvalue weighted by atomic mass is 16.6. The number of nitro groups is 1. The molecule has 1 heterocycles. The van der Waals surface area contributed by atoms with E-state index in [-0.39, 0.29) is 24.4 Å². The summed E-state index contributed by atoms with van der Waals surface area (Å²) in [6, 6.07) is 10.9. The van der Waals surface area contributed by atoms with Crippen LogP contribution in [-0.4, -0.2) is 35.2 Å². The smallest absolute Gasteiger partial charge is 0.271 e. The van der Waals surface area contributed by atoms with E-state index in [0.717, 1.165) is 0 Å². The van der Waals surface area contributed by atoms with Gasteiger partial charge in [0.1, 0.15) is 0 Å². The van der Waals surface area contributed by atoms with Gasteiger partial charge in [-0.15, -0.1) is 0 Å². The minimum absolute atomic E-state index is 0.0796. The molecular formula is C19H18N4O6. The Morgan fingerprint density at radius 1 is 1.17 bits per heavy atom. The third-order valence-electron chi connectivity index (χ3n) is 4.02. The summed E-state index contributed by atoms with van der Waals surface area (Å²) in [6.45, 7) is 0. The van der Waals surface area contributed by atoms with E-state index in [9.17, 15) is 14.9 Å². The largest absolute Gasteiger partial charge is 0.493 e. The van der Waals surface area contributed by atoms with Crippen LogP contribution < -0.4 is 14.8 Å². The third kappa shape index (κ3) is 4.86. The fraction of sp³-hybridized carbons (Fsp3) is 0.211. The molecule has 1 N–H and O–H groups in total. The molecule has 1 aromatic heterocycles. The number of amides is 1. The highest BCUT2D eigenvalue weighted by molar-refractivity contribution is 5.91. The molecule has 0 bridgehead atoms. The van der Waals surface area contributed by atoms with Crippen LogP contribution in [0.1, 0.15) is 12.3 Å². The summed E-state index contributed by atoms with van der Waals surface area (Å²) in [5, 5.41) is 17.3. The Morgan fingerprint density at radius 2 is 1.97 bits per heavy atom. The Balaban J connectivity index is 1.61. The van der Waals surface area contributed by atoms with Gasteiger partial charge in [-0.2, -0.15) is 4.98 Å². The van der Waals surface area contributed by atoms with Crippen LogP contribution in [0.3, 0.4) is 0 Å². The number of hydrogen-bond donors (Lipinski definition) is 1. The van der Waals surface area contributed by atoms with Crippen molar-refractivity contribution in [2.75, 3.05) is 19.5 Å². The zero-order chi connectivity index (χ0) is 20.8. The molecule has 0 unspecified atom stereocenters. The highest BCUT2D eigenvalue weighted by Crippen LogP contribution is 2.31. The first-order valence-corrected chi connectivity index (χ1v) is 8.59. The average Bonchev–Trinajstić information content (AvgIpc) is 3.21. The van der Waals surface area contributed by atoms with E-state index in [4.69, 9.17) is 14.0 Å². The third-order valence-corrected chi connectivity index (χ3v) is 4.02. The summed E-state index contributed by atoms with van der Waals surface area (Å²) in [7, 11) is 3.08. The van der Waals surface area contributed by atoms with Crippen molar-refractivity contribution in [3.8, 4) is 22.9 Å². The predicted octanol–water partition coefficient (Wildman–Crippen LogP) is 3.23. The quantitative estimate of drug-likeness (QED) is 0.452. The van der Waals surface area contributed by atoms with Crippen LogP contribution in [0.5, 0.6) is 11.5 Å². The molecule has 29 heavy (non-hydrogen) atoms. The Bertz CT molecular complexity index is 1030. The lowest BCUT2D eigenvalue weighted by molar-refractivity contribution is -0.384. The van der Waals surface area contributed by atoms with E-state index in [0.29, 0.717) is 34.5 Å². The molecule has 2 aromatic carbocycles. The van der Waals surface area contributed by atoms with Gasteiger partial charge in [0, 0.05) is 36.2 Å². The van der Waals surface area contributed by atoms with E-state index in [1.807, 2.05) is 0 Å². The standard InChI is InChI=1S/C19H18N4O6/c1-27-15-7-6-12(10-16(15)28-2)19-21-18(29-22-19)9-8-17(24)20-13-4-3-5-14(11-13)23(25)26/h3-7,10-11H,8-9H2,1-2H3,(H,20,24). The molecule has 0 radical (unpaired) electrons. The van der Waals surface area contributed by atoms with Crippen LogP contribution in [0.25, 0.3) is 11.4 Å². The maximum Gasteiger partial charge on any atom is 0.271 e. The van der Waals surface area contributed by atoms with Gasteiger partial charge in [-0.25, -0.2) is 0 Å². The SMILES string of the molecule is COc1ccc(-c2noc(CCC(=O)Nc3cccc([N+](=O)[O-])c3)n2)cc1OC. The first-order chi connectivity index (χ1) is 14.0. The second kappa shape index (κ2) is 8.83. The number of ether oxygens (including phenoxy) is 2. The van der Waals surface area contributed by atoms with Crippen LogP contribution >= 0.6 is 0 Å². The van der Waals surface area contributed by atoms with Crippen LogP contribution in [0.2, 0.25) is 0 Å². The molecule has 0 aliphatic rings. The number of aromatic nitrogens is 2. The summed E-state index contributed by atoms with van der Waals surface area (Å²) < 4.78 is 15.7. The molecule has 0 saturated carbocycles. The van der Waals surface area contributed by atoms with E-state index < -0.39 is 4.92 Å². The Hall–Kier alpha value is -3.95. The van der Waals surface area contributed by atoms with Crippen molar-refractivity contribution < 1.29 is 23.7 Å². The van der Waals surface area contributed by atoms with Crippen molar-refractivity contribution in [3.63, 3.8) is 0 Å². The summed E-state index contributed by atoms with van der Waals surface area (Å²) in [5.41, 5.74) is 0.929. The molecule has 3 aromatic rings. The molecule has 0 saturated heterocycles. The monoisotopic (exact) mass is 398 g/mol. The number of anilines is 1. The van der Waals surface area contributed by atoms with E-state index in [2.05, 4.69) is 15.5 Å². The normalized spacial score (nSPS) is 10.4. The van der Waals surface area contributed by atoms with Crippen molar-refractivity contribution >= 4 is 17.3 Å². The molecule has 10 nitrogen and oxygen atoms in total. The number of nitrogens with one attached hydrogen (secondary N) is 1. The molecule has 3 rings (SSSR count). The minimum atomic E-state index is -0.524. The molecule has 0 fully saturated rings. The number of benzene rings is 2. The predicted molar refractivity (Wildman–Crippen MR) is 103 cm³/mol. The van der Waals surface area contributed by atoms with Crippen LogP contribution in [-0.2, 0) is 11.2 Å². The fourth-order valence-electron chi connectivity index (χ4n) is 2.59. The summed E-state index contributed by atoms with van der Waals surface area (Å²) in [5.74, 6) is 1.45. The Labute approximate surface area is 165 Å². The lowest BCUT2D eigenvalue weighted by atomic mass is 10.2. The molecule has 0 aliphatic heterocycles. The van der Waals surface area contributed by atoms with Crippen molar-refractivity contribution in [1.82, 2.24) is 10.1 Å². The number of carbonyl (C=O) groups is 1. The summed E-state index contributed by atoms with van der Waals surface area (Å²) in [4.78, 5) is 26.7. The number of rotatable bonds is 8. The van der Waals surface area contributed by atoms with Crippen LogP contribution in [0.4, 0.5) is 11.4 Å². The maximum absolute atomic E-state index is 12.1. The first-order valence-electron chi connectivity index (χ1n) is 8.59. The number of nitro benzene ring substituents is 1. The second-order valence-corrected chi connectivity index (χ2v) is 5.94. The molecule has 1 amide bonds. The average molecular weight is 398 g/mol. The van der Waals surface area contributed by atoms with Crippen molar-refractivity contribution in [2.45, 2.75) is 12.8 Å². The van der Waals surface area contributed by atoms with Crippen molar-refractivity contribution in [2.24, 2.45) is 0 Å². The highest BCUT2D eigenvalue weighted by Gasteiger charge is 2.14. The molecule has 0 spiro atoms. The number of hydrogen-bond acceptors (Lipinski definition) is 8. The van der Waals surface area contributed by atoms with Crippen molar-refractivity contribution in [3.05, 3.63) is 58.5 Å². The van der Waals surface area contributed by atoms with E-state index in [1.54, 1.807) is 31.4 Å². The van der Waals surface area contributed by atoms with Gasteiger partial charge < -0.3 is 19.3 Å². The van der Waals surface area contributed by atoms with Gasteiger partial charge in [-0.05, 0) is 24.3 Å². The summed E-state index contributed by atoms with van der Waals surface area (Å²) >= 11 is 0. The molecule has 10 heteroatoms. The van der Waals surface area contributed by atoms with Gasteiger partial charge in [0.15, 0.2) is 11.5 Å². The Morgan fingerprint density at radius 3 is 2.69 bits per heavy atom. The van der Waals surface area contributed by atoms with Gasteiger partial charge in [-0.3, -0.25) is 14.9 Å². The fourth-order valence-corrected chi connectivity index (χ4v) is 2.59. The van der Waals surface area contributed by atoms with Gasteiger partial charge in [0.25, 0.3) is 5.69 Å². The second-order valence-electron chi connectivity index (χ2n) is 5.94. The molecular weight excluding hydrogens is 380 g/mol. The first kappa shape index (κ1) is 19.8. The lowest BCUT2D eigenvalue weighted by Crippen LogP contribution is -2.12. The zero-order valence-electron chi connectivity index (χ0n) is 15.7. The molecule has 0 atom stereocenters. The topological polar surface area (TPSA) is 130 Å². The number of nitrogens with zero attached hydrogens (tertiary/aromatic N) is 3. The van der Waals surface area contributed by atoms with Crippen molar-refractivity contribution in [1.29, 1.82) is 0 Å². The molecule has 150 valence electrons. The van der Waals surface area contributed by atoms with Gasteiger partial charge in [0.05, 0.1) is 19.1 Å². The van der Waals surface area contributed by atoms with Crippen LogP contribution in [0, 0.1) is 10.1 Å². The van der Waals surface area contributed by atoms with Gasteiger partial charge in [0.2, 0.25) is 17.6 Å². The minimum Gasteiger partial charge on any atom is -0.493 e. The summed E-state index contributed by atoms with van der Waals surface area (Å²) in [6.07, 6.45) is 0.303. The number of carbonyl (C=O) groups excluding carboxylic acids is 1. The van der Waals surface area contributed by atoms with Crippen LogP contribution in [0.15, 0.2) is 47.0 Å². The van der Waals surface area contributed by atoms with E-state index in [1.165, 1.54) is 25.3 Å². The number of aryl methyl sites for hydroxylation is 1. The van der Waals surface area contributed by atoms with Gasteiger partial charge in [-0.1, -0.05) is 11.2 Å². The number of methoxy groups -OCH3 is 2.